The van der Waals surface area contributed by atoms with Crippen LogP contribution in [-0.2, 0) is 0 Å². The van der Waals surface area contributed by atoms with E-state index in [1.54, 1.807) is 0 Å². The van der Waals surface area contributed by atoms with E-state index in [0.29, 0.717) is 4.75 Å². The van der Waals surface area contributed by atoms with Crippen molar-refractivity contribution in [3.63, 3.8) is 0 Å². The van der Waals surface area contributed by atoms with Crippen molar-refractivity contribution < 1.29 is 0 Å². The number of nitrogens with one attached hydrogen (secondary N) is 1. The standard InChI is InChI=1S/C10H21NS2/c1-10(2,12-3)8-11-9-4-6-13-7-5-9/h9,11H,4-8H2,1-3H3. The monoisotopic (exact) mass is 219 g/mol. The topological polar surface area (TPSA) is 12.0 Å². The fourth-order valence-corrected chi connectivity index (χ4v) is 2.70. The van der Waals surface area contributed by atoms with Crippen molar-refractivity contribution in [3.8, 4) is 0 Å². The second kappa shape index (κ2) is 5.52. The quantitative estimate of drug-likeness (QED) is 0.780. The van der Waals surface area contributed by atoms with E-state index in [-0.39, 0.29) is 0 Å². The summed E-state index contributed by atoms with van der Waals surface area (Å²) in [5, 5.41) is 3.68. The van der Waals surface area contributed by atoms with Gasteiger partial charge in [-0.2, -0.15) is 23.5 Å². The van der Waals surface area contributed by atoms with Crippen LogP contribution in [0.2, 0.25) is 0 Å². The molecule has 1 fully saturated rings. The van der Waals surface area contributed by atoms with Crippen molar-refractivity contribution in [3.05, 3.63) is 0 Å². The Morgan fingerprint density at radius 1 is 1.38 bits per heavy atom. The molecule has 0 bridgehead atoms. The van der Waals surface area contributed by atoms with E-state index in [4.69, 9.17) is 0 Å². The fourth-order valence-electron chi connectivity index (χ4n) is 1.36. The van der Waals surface area contributed by atoms with Gasteiger partial charge in [0, 0.05) is 17.3 Å². The maximum Gasteiger partial charge on any atom is 0.0225 e. The van der Waals surface area contributed by atoms with E-state index in [0.717, 1.165) is 12.6 Å². The van der Waals surface area contributed by atoms with Gasteiger partial charge in [-0.05, 0) is 44.5 Å². The molecule has 0 atom stereocenters. The number of hydrogen-bond donors (Lipinski definition) is 1. The maximum atomic E-state index is 3.68. The van der Waals surface area contributed by atoms with Gasteiger partial charge in [-0.15, -0.1) is 0 Å². The van der Waals surface area contributed by atoms with E-state index in [9.17, 15) is 0 Å². The molecule has 3 heteroatoms. The molecule has 13 heavy (non-hydrogen) atoms. The van der Waals surface area contributed by atoms with E-state index in [1.807, 2.05) is 11.8 Å². The SMILES string of the molecule is CSC(C)(C)CNC1CCSCC1. The van der Waals surface area contributed by atoms with Crippen LogP contribution < -0.4 is 5.32 Å². The Bertz CT molecular complexity index is 142. The number of rotatable bonds is 4. The van der Waals surface area contributed by atoms with Gasteiger partial charge in [0.15, 0.2) is 0 Å². The highest BCUT2D eigenvalue weighted by atomic mass is 32.2. The molecule has 1 heterocycles. The first kappa shape index (κ1) is 11.7. The first-order valence-corrected chi connectivity index (χ1v) is 7.38. The Morgan fingerprint density at radius 3 is 2.54 bits per heavy atom. The van der Waals surface area contributed by atoms with E-state index >= 15 is 0 Å². The smallest absolute Gasteiger partial charge is 0.0225 e. The van der Waals surface area contributed by atoms with E-state index in [1.165, 1.54) is 24.3 Å². The van der Waals surface area contributed by atoms with Gasteiger partial charge in [0.1, 0.15) is 0 Å². The minimum Gasteiger partial charge on any atom is -0.313 e. The molecule has 1 N–H and O–H groups in total. The lowest BCUT2D eigenvalue weighted by Gasteiger charge is -2.28. The molecule has 78 valence electrons. The minimum atomic E-state index is 0.393. The minimum absolute atomic E-state index is 0.393. The van der Waals surface area contributed by atoms with Crippen LogP contribution in [0, 0.1) is 0 Å². The first-order valence-electron chi connectivity index (χ1n) is 5.00. The van der Waals surface area contributed by atoms with Crippen LogP contribution in [0.4, 0.5) is 0 Å². The van der Waals surface area contributed by atoms with E-state index < -0.39 is 0 Å². The molecule has 0 unspecified atom stereocenters. The van der Waals surface area contributed by atoms with Crippen molar-refractivity contribution in [2.75, 3.05) is 24.3 Å². The summed E-state index contributed by atoms with van der Waals surface area (Å²) in [4.78, 5) is 0. The van der Waals surface area contributed by atoms with Crippen molar-refractivity contribution in [2.45, 2.75) is 37.5 Å². The molecule has 0 amide bonds. The third kappa shape index (κ3) is 4.61. The molecule has 1 aliphatic heterocycles. The molecule has 0 aromatic heterocycles. The third-order valence-electron chi connectivity index (χ3n) is 2.59. The van der Waals surface area contributed by atoms with Gasteiger partial charge >= 0.3 is 0 Å². The molecule has 0 aromatic rings. The second-order valence-corrected chi connectivity index (χ2v) is 6.97. The molecular weight excluding hydrogens is 198 g/mol. The van der Waals surface area contributed by atoms with Crippen molar-refractivity contribution >= 4 is 23.5 Å². The Labute approximate surface area is 90.8 Å². The van der Waals surface area contributed by atoms with Crippen molar-refractivity contribution in [1.29, 1.82) is 0 Å². The molecule has 0 spiro atoms. The number of thioether (sulfide) groups is 2. The highest BCUT2D eigenvalue weighted by Crippen LogP contribution is 2.22. The molecule has 0 aliphatic carbocycles. The maximum absolute atomic E-state index is 3.68. The molecule has 1 rings (SSSR count). The first-order chi connectivity index (χ1) is 6.14. The average Bonchev–Trinajstić information content (AvgIpc) is 2.17. The lowest BCUT2D eigenvalue weighted by atomic mass is 10.1. The summed E-state index contributed by atoms with van der Waals surface area (Å²) in [6.45, 7) is 5.76. The lowest BCUT2D eigenvalue weighted by Crippen LogP contribution is -2.40. The summed E-state index contributed by atoms with van der Waals surface area (Å²) < 4.78 is 0.393. The van der Waals surface area contributed by atoms with Gasteiger partial charge in [0.25, 0.3) is 0 Å². The van der Waals surface area contributed by atoms with Gasteiger partial charge in [-0.1, -0.05) is 0 Å². The van der Waals surface area contributed by atoms with Crippen LogP contribution in [0.15, 0.2) is 0 Å². The van der Waals surface area contributed by atoms with Crippen molar-refractivity contribution in [1.82, 2.24) is 5.32 Å². The molecular formula is C10H21NS2. The zero-order chi connectivity index (χ0) is 9.73. The summed E-state index contributed by atoms with van der Waals surface area (Å²) >= 11 is 4.04. The van der Waals surface area contributed by atoms with Crippen LogP contribution in [0.5, 0.6) is 0 Å². The summed E-state index contributed by atoms with van der Waals surface area (Å²) in [7, 11) is 0. The number of hydrogen-bond acceptors (Lipinski definition) is 3. The van der Waals surface area contributed by atoms with Crippen molar-refractivity contribution in [2.24, 2.45) is 0 Å². The Hall–Kier alpha value is 0.660. The summed E-state index contributed by atoms with van der Waals surface area (Å²) in [6, 6.07) is 0.785. The zero-order valence-corrected chi connectivity index (χ0v) is 10.6. The van der Waals surface area contributed by atoms with Gasteiger partial charge in [0.2, 0.25) is 0 Å². The fraction of sp³-hybridized carbons (Fsp3) is 1.00. The van der Waals surface area contributed by atoms with Gasteiger partial charge in [0.05, 0.1) is 0 Å². The summed E-state index contributed by atoms with van der Waals surface area (Å²) in [5.41, 5.74) is 0. The lowest BCUT2D eigenvalue weighted by molar-refractivity contribution is 0.457. The normalized spacial score (nSPS) is 20.5. The average molecular weight is 219 g/mol. The second-order valence-electron chi connectivity index (χ2n) is 4.23. The Morgan fingerprint density at radius 2 is 2.00 bits per heavy atom. The van der Waals surface area contributed by atoms with Crippen LogP contribution in [0.1, 0.15) is 26.7 Å². The highest BCUT2D eigenvalue weighted by Gasteiger charge is 2.19. The predicted molar refractivity (Wildman–Crippen MR) is 65.9 cm³/mol. The van der Waals surface area contributed by atoms with Crippen LogP contribution >= 0.6 is 23.5 Å². The highest BCUT2D eigenvalue weighted by molar-refractivity contribution is 8.00. The molecule has 0 aromatic carbocycles. The molecule has 0 saturated carbocycles. The molecule has 1 saturated heterocycles. The van der Waals surface area contributed by atoms with Gasteiger partial charge in [-0.25, -0.2) is 0 Å². The Balaban J connectivity index is 2.17. The summed E-state index contributed by atoms with van der Waals surface area (Å²) in [6.07, 6.45) is 4.91. The molecule has 1 nitrogen and oxygen atoms in total. The van der Waals surface area contributed by atoms with Gasteiger partial charge < -0.3 is 5.32 Å². The summed E-state index contributed by atoms with van der Waals surface area (Å²) in [5.74, 6) is 2.69. The van der Waals surface area contributed by atoms with Gasteiger partial charge in [-0.3, -0.25) is 0 Å². The van der Waals surface area contributed by atoms with Crippen LogP contribution in [0.3, 0.4) is 0 Å². The third-order valence-corrected chi connectivity index (χ3v) is 4.89. The van der Waals surface area contributed by atoms with E-state index in [2.05, 4.69) is 37.2 Å². The predicted octanol–water partition coefficient (Wildman–Crippen LogP) is 2.61. The van der Waals surface area contributed by atoms with Crippen LogP contribution in [-0.4, -0.2) is 35.1 Å². The molecule has 1 aliphatic rings. The largest absolute Gasteiger partial charge is 0.313 e. The zero-order valence-electron chi connectivity index (χ0n) is 8.93. The van der Waals surface area contributed by atoms with Crippen LogP contribution in [0.25, 0.3) is 0 Å². The molecule has 0 radical (unpaired) electrons. The Kier molecular flexibility index (Phi) is 4.98.